The Morgan fingerprint density at radius 3 is 2.69 bits per heavy atom. The summed E-state index contributed by atoms with van der Waals surface area (Å²) in [6, 6.07) is 8.28. The van der Waals surface area contributed by atoms with Gasteiger partial charge in [-0.25, -0.2) is 4.21 Å². The van der Waals surface area contributed by atoms with Gasteiger partial charge in [-0.15, -0.1) is 0 Å². The average molecular weight is 370 g/mol. The van der Waals surface area contributed by atoms with Crippen molar-refractivity contribution in [3.8, 4) is 0 Å². The molecule has 2 atom stereocenters. The van der Waals surface area contributed by atoms with Crippen molar-refractivity contribution in [1.29, 1.82) is 0 Å². The lowest BCUT2D eigenvalue weighted by Crippen LogP contribution is -2.26. The lowest BCUT2D eigenvalue weighted by atomic mass is 9.85. The lowest BCUT2D eigenvalue weighted by molar-refractivity contribution is 0.227. The zero-order valence-corrected chi connectivity index (χ0v) is 14.6. The van der Waals surface area contributed by atoms with Crippen LogP contribution in [0.4, 0.5) is 8.78 Å². The number of alkyl halides is 2. The molecule has 4 rings (SSSR count). The molecule has 0 amide bonds. The van der Waals surface area contributed by atoms with Gasteiger partial charge in [-0.05, 0) is 45.7 Å². The Hall–Kier alpha value is -2.53. The molecule has 0 heterocycles. The van der Waals surface area contributed by atoms with E-state index in [2.05, 4.69) is 30.4 Å². The third kappa shape index (κ3) is 3.40. The Kier molecular flexibility index (Phi) is 4.55. The van der Waals surface area contributed by atoms with Gasteiger partial charge in [0.15, 0.2) is 0 Å². The van der Waals surface area contributed by atoms with Crippen LogP contribution in [-0.2, 0) is 15.3 Å². The summed E-state index contributed by atoms with van der Waals surface area (Å²) in [5.74, 6) is -2.87. The lowest BCUT2D eigenvalue weighted by Gasteiger charge is -2.21. The van der Waals surface area contributed by atoms with Crippen molar-refractivity contribution in [2.75, 3.05) is 0 Å². The zero-order valence-electron chi connectivity index (χ0n) is 13.8. The van der Waals surface area contributed by atoms with Gasteiger partial charge in [0, 0.05) is 5.92 Å². The normalized spacial score (nSPS) is 24.7. The van der Waals surface area contributed by atoms with Gasteiger partial charge >= 0.3 is 5.76 Å². The number of hydrogen-bond acceptors (Lipinski definition) is 2. The summed E-state index contributed by atoms with van der Waals surface area (Å²) in [7, 11) is 0. The minimum absolute atomic E-state index is 0.0612. The van der Waals surface area contributed by atoms with E-state index in [9.17, 15) is 13.0 Å². The quantitative estimate of drug-likeness (QED) is 0.815. The monoisotopic (exact) mass is 370 g/mol. The first-order valence-corrected chi connectivity index (χ1v) is 9.41. The van der Waals surface area contributed by atoms with E-state index in [0.717, 1.165) is 17.6 Å². The van der Waals surface area contributed by atoms with Gasteiger partial charge < -0.3 is 4.18 Å². The second-order valence-corrected chi connectivity index (χ2v) is 7.24. The maximum Gasteiger partial charge on any atom is 0.347 e. The van der Waals surface area contributed by atoms with E-state index in [1.54, 1.807) is 12.2 Å². The molecule has 0 bridgehead atoms. The van der Waals surface area contributed by atoms with Crippen molar-refractivity contribution in [3.63, 3.8) is 0 Å². The predicted molar refractivity (Wildman–Crippen MR) is 99.4 cm³/mol. The number of hydrogen-bond donors (Lipinski definition) is 0. The van der Waals surface area contributed by atoms with Gasteiger partial charge in [-0.2, -0.15) is 8.78 Å². The number of halogens is 2. The molecule has 2 unspecified atom stereocenters. The Bertz CT molecular complexity index is 1040. The van der Waals surface area contributed by atoms with Crippen LogP contribution in [-0.4, -0.2) is 9.97 Å². The molecule has 0 saturated carbocycles. The summed E-state index contributed by atoms with van der Waals surface area (Å²) in [5.41, 5.74) is 3.43. The molecule has 0 fully saturated rings. The molecule has 5 heteroatoms. The zero-order chi connectivity index (χ0) is 18.1. The smallest absolute Gasteiger partial charge is 0.347 e. The molecule has 0 radical (unpaired) electrons. The predicted octanol–water partition coefficient (Wildman–Crippen LogP) is 3.42. The fraction of sp³-hybridized carbons (Fsp3) is 0.143. The van der Waals surface area contributed by atoms with E-state index in [1.807, 2.05) is 30.4 Å². The second-order valence-electron chi connectivity index (χ2n) is 6.20. The van der Waals surface area contributed by atoms with E-state index >= 15 is 0 Å². The van der Waals surface area contributed by atoms with Crippen molar-refractivity contribution < 1.29 is 17.2 Å². The molecule has 0 spiro atoms. The first-order valence-electron chi connectivity index (χ1n) is 8.27. The van der Waals surface area contributed by atoms with Crippen LogP contribution < -0.4 is 10.4 Å². The highest BCUT2D eigenvalue weighted by Crippen LogP contribution is 2.32. The van der Waals surface area contributed by atoms with Gasteiger partial charge in [0.2, 0.25) is 0 Å². The van der Waals surface area contributed by atoms with E-state index in [0.29, 0.717) is 0 Å². The largest absolute Gasteiger partial charge is 0.397 e. The van der Waals surface area contributed by atoms with Crippen molar-refractivity contribution in [2.24, 2.45) is 5.92 Å². The summed E-state index contributed by atoms with van der Waals surface area (Å²) in [5, 5.41) is 2.45. The molecule has 3 aliphatic carbocycles. The van der Waals surface area contributed by atoms with Gasteiger partial charge in [-0.3, -0.25) is 0 Å². The summed E-state index contributed by atoms with van der Waals surface area (Å²) in [6.07, 6.45) is 16.6. The summed E-state index contributed by atoms with van der Waals surface area (Å²) >= 11 is -2.63. The molecule has 0 N–H and O–H groups in total. The first-order chi connectivity index (χ1) is 12.6. The Labute approximate surface area is 152 Å². The van der Waals surface area contributed by atoms with Crippen LogP contribution in [0, 0.1) is 5.92 Å². The molecule has 0 aliphatic heterocycles. The van der Waals surface area contributed by atoms with Gasteiger partial charge in [0.05, 0.1) is 0 Å². The maximum absolute atomic E-state index is 12.4. The van der Waals surface area contributed by atoms with E-state index < -0.39 is 16.8 Å². The molecule has 0 aromatic heterocycles. The molecule has 132 valence electrons. The van der Waals surface area contributed by atoms with Crippen LogP contribution >= 0.6 is 0 Å². The minimum Gasteiger partial charge on any atom is -0.397 e. The summed E-state index contributed by atoms with van der Waals surface area (Å²) < 4.78 is 40.7. The molecule has 2 nitrogen and oxygen atoms in total. The number of rotatable bonds is 3. The third-order valence-corrected chi connectivity index (χ3v) is 5.18. The highest BCUT2D eigenvalue weighted by Gasteiger charge is 2.21. The van der Waals surface area contributed by atoms with Crippen LogP contribution in [0.5, 0.6) is 0 Å². The minimum atomic E-state index is -3.01. The second kappa shape index (κ2) is 7.00. The van der Waals surface area contributed by atoms with E-state index in [4.69, 9.17) is 4.18 Å². The van der Waals surface area contributed by atoms with Crippen LogP contribution in [0.25, 0.3) is 12.2 Å². The highest BCUT2D eigenvalue weighted by atomic mass is 32.2. The Morgan fingerprint density at radius 2 is 1.88 bits per heavy atom. The van der Waals surface area contributed by atoms with Gasteiger partial charge in [0.1, 0.15) is 5.76 Å². The highest BCUT2D eigenvalue weighted by molar-refractivity contribution is 7.80. The third-order valence-electron chi connectivity index (χ3n) is 4.54. The molecule has 1 aromatic rings. The molecule has 3 aliphatic rings. The van der Waals surface area contributed by atoms with Gasteiger partial charge in [-0.1, -0.05) is 60.7 Å². The SMILES string of the molecule is O=S(OC1=CC2C=CC(=C3C=c4ccccc4=CC3)C=C2C=C1)C(F)F. The van der Waals surface area contributed by atoms with Crippen molar-refractivity contribution >= 4 is 23.2 Å². The van der Waals surface area contributed by atoms with Crippen LogP contribution in [0.15, 0.2) is 83.2 Å². The number of benzene rings is 1. The fourth-order valence-electron chi connectivity index (χ4n) is 3.25. The average Bonchev–Trinajstić information content (AvgIpc) is 2.67. The van der Waals surface area contributed by atoms with E-state index in [1.165, 1.54) is 16.0 Å². The van der Waals surface area contributed by atoms with Crippen molar-refractivity contribution in [2.45, 2.75) is 12.2 Å². The topological polar surface area (TPSA) is 26.3 Å². The summed E-state index contributed by atoms with van der Waals surface area (Å²) in [6.45, 7) is 0. The number of allylic oxidation sites excluding steroid dienone is 9. The Morgan fingerprint density at radius 1 is 1.08 bits per heavy atom. The van der Waals surface area contributed by atoms with Crippen LogP contribution in [0.1, 0.15) is 6.42 Å². The van der Waals surface area contributed by atoms with Crippen molar-refractivity contribution in [1.82, 2.24) is 0 Å². The molecule has 1 aromatic carbocycles. The maximum atomic E-state index is 12.4. The number of fused-ring (bicyclic) bond motifs is 2. The molecular weight excluding hydrogens is 354 g/mol. The van der Waals surface area contributed by atoms with Gasteiger partial charge in [0.25, 0.3) is 11.1 Å². The molecule has 26 heavy (non-hydrogen) atoms. The molecule has 0 saturated heterocycles. The summed E-state index contributed by atoms with van der Waals surface area (Å²) in [4.78, 5) is 0. The molecular formula is C21H16F2O2S. The first kappa shape index (κ1) is 16.9. The van der Waals surface area contributed by atoms with Crippen LogP contribution in [0.3, 0.4) is 0 Å². The fourth-order valence-corrected chi connectivity index (χ4v) is 3.62. The van der Waals surface area contributed by atoms with Crippen LogP contribution in [0.2, 0.25) is 0 Å². The Balaban J connectivity index is 1.60. The van der Waals surface area contributed by atoms with Crippen molar-refractivity contribution in [3.05, 3.63) is 93.6 Å². The van der Waals surface area contributed by atoms with E-state index in [-0.39, 0.29) is 11.7 Å². The standard InChI is InChI=1S/C21H16F2O2S/c22-21(23)26(24)25-20-10-9-18-12-17(7-8-19(18)13-20)16-6-5-14-3-1-2-4-15(14)11-16/h1-5,7-13,19,21H,6H2.